The number of hydrogen-bond acceptors (Lipinski definition) is 4. The highest BCUT2D eigenvalue weighted by molar-refractivity contribution is 14.0. The Bertz CT molecular complexity index is 636. The molecule has 0 aliphatic carbocycles. The zero-order valence-corrected chi connectivity index (χ0v) is 16.6. The molecule has 0 saturated carbocycles. The van der Waals surface area contributed by atoms with Crippen LogP contribution in [0.15, 0.2) is 39.8 Å². The van der Waals surface area contributed by atoms with Crippen molar-refractivity contribution < 1.29 is 9.26 Å². The SMILES string of the molecule is CCC(CC)c1cc(CN=C(N)Nc2ccc(OC)cc2)on1.I. The van der Waals surface area contributed by atoms with E-state index in [0.29, 0.717) is 24.2 Å². The van der Waals surface area contributed by atoms with Crippen molar-refractivity contribution in [3.05, 3.63) is 41.8 Å². The summed E-state index contributed by atoms with van der Waals surface area (Å²) in [5.74, 6) is 2.27. The average molecular weight is 444 g/mol. The number of aromatic nitrogens is 1. The van der Waals surface area contributed by atoms with Crippen LogP contribution in [0.1, 0.15) is 44.1 Å². The van der Waals surface area contributed by atoms with Gasteiger partial charge in [0.15, 0.2) is 11.7 Å². The Morgan fingerprint density at radius 1 is 1.29 bits per heavy atom. The Balaban J connectivity index is 0.00000288. The van der Waals surface area contributed by atoms with Crippen molar-refractivity contribution in [2.75, 3.05) is 12.4 Å². The molecule has 1 aromatic heterocycles. The van der Waals surface area contributed by atoms with Gasteiger partial charge in [0, 0.05) is 17.7 Å². The first-order chi connectivity index (χ1) is 11.2. The minimum absolute atomic E-state index is 0. The van der Waals surface area contributed by atoms with Gasteiger partial charge < -0.3 is 20.3 Å². The third-order valence-corrected chi connectivity index (χ3v) is 3.75. The number of hydrogen-bond donors (Lipinski definition) is 2. The van der Waals surface area contributed by atoms with Crippen LogP contribution < -0.4 is 15.8 Å². The molecule has 0 spiro atoms. The molecule has 132 valence electrons. The lowest BCUT2D eigenvalue weighted by Crippen LogP contribution is -2.22. The number of rotatable bonds is 7. The van der Waals surface area contributed by atoms with Crippen molar-refractivity contribution in [1.82, 2.24) is 5.16 Å². The van der Waals surface area contributed by atoms with E-state index in [4.69, 9.17) is 15.0 Å². The highest BCUT2D eigenvalue weighted by atomic mass is 127. The van der Waals surface area contributed by atoms with Crippen molar-refractivity contribution >= 4 is 35.6 Å². The lowest BCUT2D eigenvalue weighted by atomic mass is 9.99. The molecule has 7 heteroatoms. The number of anilines is 1. The van der Waals surface area contributed by atoms with E-state index >= 15 is 0 Å². The predicted molar refractivity (Wildman–Crippen MR) is 107 cm³/mol. The zero-order chi connectivity index (χ0) is 16.7. The lowest BCUT2D eigenvalue weighted by molar-refractivity contribution is 0.372. The molecule has 0 atom stereocenters. The summed E-state index contributed by atoms with van der Waals surface area (Å²) < 4.78 is 10.4. The number of aliphatic imine (C=N–C) groups is 1. The fourth-order valence-electron chi connectivity index (χ4n) is 2.33. The number of nitrogens with one attached hydrogen (secondary N) is 1. The van der Waals surface area contributed by atoms with Crippen LogP contribution in [0, 0.1) is 0 Å². The molecule has 3 N–H and O–H groups in total. The Morgan fingerprint density at radius 3 is 2.54 bits per heavy atom. The Hall–Kier alpha value is -1.77. The van der Waals surface area contributed by atoms with Gasteiger partial charge >= 0.3 is 0 Å². The number of ether oxygens (including phenoxy) is 1. The Labute approximate surface area is 159 Å². The minimum atomic E-state index is 0. The molecule has 6 nitrogen and oxygen atoms in total. The summed E-state index contributed by atoms with van der Waals surface area (Å²) in [6, 6.07) is 9.42. The van der Waals surface area contributed by atoms with E-state index in [1.54, 1.807) is 7.11 Å². The first-order valence-electron chi connectivity index (χ1n) is 7.82. The molecule has 0 bridgehead atoms. The summed E-state index contributed by atoms with van der Waals surface area (Å²) in [7, 11) is 1.63. The summed E-state index contributed by atoms with van der Waals surface area (Å²) in [6.45, 7) is 4.66. The van der Waals surface area contributed by atoms with E-state index in [1.807, 2.05) is 30.3 Å². The van der Waals surface area contributed by atoms with E-state index in [0.717, 1.165) is 30.0 Å². The molecule has 0 radical (unpaired) electrons. The smallest absolute Gasteiger partial charge is 0.193 e. The number of guanidine groups is 1. The minimum Gasteiger partial charge on any atom is -0.497 e. The molecule has 24 heavy (non-hydrogen) atoms. The van der Waals surface area contributed by atoms with Gasteiger partial charge in [-0.05, 0) is 37.1 Å². The van der Waals surface area contributed by atoms with Gasteiger partial charge in [0.1, 0.15) is 12.3 Å². The van der Waals surface area contributed by atoms with Crippen LogP contribution in [0.4, 0.5) is 5.69 Å². The molecule has 0 saturated heterocycles. The third-order valence-electron chi connectivity index (χ3n) is 3.75. The molecule has 1 aromatic carbocycles. The molecule has 0 aliphatic rings. The third kappa shape index (κ3) is 5.70. The summed E-state index contributed by atoms with van der Waals surface area (Å²) in [4.78, 5) is 4.27. The van der Waals surface area contributed by atoms with E-state index in [2.05, 4.69) is 29.3 Å². The summed E-state index contributed by atoms with van der Waals surface area (Å²) in [5, 5.41) is 7.15. The second kappa shape index (κ2) is 10.2. The second-order valence-electron chi connectivity index (χ2n) is 5.29. The molecule has 2 rings (SSSR count). The topological polar surface area (TPSA) is 85.7 Å². The molecular formula is C17H25IN4O2. The largest absolute Gasteiger partial charge is 0.497 e. The Morgan fingerprint density at radius 2 is 1.96 bits per heavy atom. The van der Waals surface area contributed by atoms with Gasteiger partial charge in [-0.25, -0.2) is 4.99 Å². The van der Waals surface area contributed by atoms with Gasteiger partial charge in [0.05, 0.1) is 12.8 Å². The van der Waals surface area contributed by atoms with E-state index < -0.39 is 0 Å². The van der Waals surface area contributed by atoms with Crippen LogP contribution in [0.2, 0.25) is 0 Å². The van der Waals surface area contributed by atoms with Gasteiger partial charge in [-0.1, -0.05) is 19.0 Å². The van der Waals surface area contributed by atoms with E-state index in [-0.39, 0.29) is 24.0 Å². The van der Waals surface area contributed by atoms with Crippen LogP contribution >= 0.6 is 24.0 Å². The zero-order valence-electron chi connectivity index (χ0n) is 14.3. The molecule has 0 fully saturated rings. The number of nitrogens with two attached hydrogens (primary N) is 1. The van der Waals surface area contributed by atoms with Crippen LogP contribution in [-0.2, 0) is 6.54 Å². The van der Waals surface area contributed by atoms with Gasteiger partial charge in [-0.2, -0.15) is 0 Å². The molecule has 1 heterocycles. The number of methoxy groups -OCH3 is 1. The highest BCUT2D eigenvalue weighted by Gasteiger charge is 2.12. The second-order valence-corrected chi connectivity index (χ2v) is 5.29. The van der Waals surface area contributed by atoms with E-state index in [1.165, 1.54) is 0 Å². The number of nitrogens with zero attached hydrogens (tertiary/aromatic N) is 2. The summed E-state index contributed by atoms with van der Waals surface area (Å²) in [5.41, 5.74) is 7.73. The van der Waals surface area contributed by atoms with Crippen LogP contribution in [0.25, 0.3) is 0 Å². The maximum Gasteiger partial charge on any atom is 0.193 e. The van der Waals surface area contributed by atoms with Gasteiger partial charge in [0.2, 0.25) is 0 Å². The van der Waals surface area contributed by atoms with Gasteiger partial charge in [-0.15, -0.1) is 24.0 Å². The Kier molecular flexibility index (Phi) is 8.59. The van der Waals surface area contributed by atoms with Crippen molar-refractivity contribution in [2.24, 2.45) is 10.7 Å². The van der Waals surface area contributed by atoms with Crippen molar-refractivity contribution in [1.29, 1.82) is 0 Å². The normalized spacial score (nSPS) is 11.2. The monoisotopic (exact) mass is 444 g/mol. The van der Waals surface area contributed by atoms with Crippen LogP contribution in [-0.4, -0.2) is 18.2 Å². The summed E-state index contributed by atoms with van der Waals surface area (Å²) >= 11 is 0. The number of benzene rings is 1. The fourth-order valence-corrected chi connectivity index (χ4v) is 2.33. The maximum atomic E-state index is 5.89. The number of halogens is 1. The lowest BCUT2D eigenvalue weighted by Gasteiger charge is -2.06. The standard InChI is InChI=1S/C17H24N4O2.HI/c1-4-12(5-2)16-10-15(23-21-16)11-19-17(18)20-13-6-8-14(22-3)9-7-13;/h6-10,12H,4-5,11H2,1-3H3,(H3,18,19,20);1H. The average Bonchev–Trinajstić information content (AvgIpc) is 3.04. The van der Waals surface area contributed by atoms with Crippen LogP contribution in [0.5, 0.6) is 5.75 Å². The van der Waals surface area contributed by atoms with Crippen molar-refractivity contribution in [3.63, 3.8) is 0 Å². The van der Waals surface area contributed by atoms with Gasteiger partial charge in [0.25, 0.3) is 0 Å². The van der Waals surface area contributed by atoms with E-state index in [9.17, 15) is 0 Å². The maximum absolute atomic E-state index is 5.89. The van der Waals surface area contributed by atoms with Crippen molar-refractivity contribution in [2.45, 2.75) is 39.2 Å². The van der Waals surface area contributed by atoms with Gasteiger partial charge in [-0.3, -0.25) is 0 Å². The quantitative estimate of drug-likeness (QED) is 0.381. The molecule has 0 amide bonds. The molecule has 0 unspecified atom stereocenters. The highest BCUT2D eigenvalue weighted by Crippen LogP contribution is 2.22. The van der Waals surface area contributed by atoms with Crippen LogP contribution in [0.3, 0.4) is 0 Å². The fraction of sp³-hybridized carbons (Fsp3) is 0.412. The molecule has 2 aromatic rings. The summed E-state index contributed by atoms with van der Waals surface area (Å²) in [6.07, 6.45) is 2.10. The first-order valence-corrected chi connectivity index (χ1v) is 7.82. The predicted octanol–water partition coefficient (Wildman–Crippen LogP) is 4.13. The molecular weight excluding hydrogens is 419 g/mol. The van der Waals surface area contributed by atoms with Crippen molar-refractivity contribution in [3.8, 4) is 5.75 Å². The molecule has 0 aliphatic heterocycles. The first kappa shape index (κ1) is 20.3.